The van der Waals surface area contributed by atoms with Crippen molar-refractivity contribution in [3.8, 4) is 0 Å². The van der Waals surface area contributed by atoms with Crippen molar-refractivity contribution in [3.05, 3.63) is 0 Å². The van der Waals surface area contributed by atoms with Crippen LogP contribution in [-0.4, -0.2) is 38.4 Å². The van der Waals surface area contributed by atoms with Gasteiger partial charge in [0.15, 0.2) is 0 Å². The number of ether oxygens (including phenoxy) is 2. The fourth-order valence-corrected chi connectivity index (χ4v) is 1.72. The Hall–Kier alpha value is -0.610. The molecule has 1 rings (SSSR count). The third-order valence-corrected chi connectivity index (χ3v) is 2.74. The summed E-state index contributed by atoms with van der Waals surface area (Å²) >= 11 is 0. The highest BCUT2D eigenvalue weighted by Gasteiger charge is 2.25. The number of hydrogen-bond donors (Lipinski definition) is 1. The summed E-state index contributed by atoms with van der Waals surface area (Å²) in [6.07, 6.45) is 1.07. The van der Waals surface area contributed by atoms with Crippen molar-refractivity contribution >= 4 is 5.97 Å². The van der Waals surface area contributed by atoms with E-state index in [1.165, 1.54) is 7.11 Å². The fourth-order valence-electron chi connectivity index (χ4n) is 1.72. The molecule has 0 amide bonds. The maximum Gasteiger partial charge on any atom is 0.322 e. The van der Waals surface area contributed by atoms with Gasteiger partial charge in [-0.3, -0.25) is 4.79 Å². The molecule has 2 unspecified atom stereocenters. The van der Waals surface area contributed by atoms with Gasteiger partial charge in [-0.05, 0) is 26.2 Å². The van der Waals surface area contributed by atoms with Gasteiger partial charge in [0.2, 0.25) is 0 Å². The zero-order valence-electron chi connectivity index (χ0n) is 9.08. The summed E-state index contributed by atoms with van der Waals surface area (Å²) in [7, 11) is 1.41. The first-order valence-electron chi connectivity index (χ1n) is 5.06. The van der Waals surface area contributed by atoms with Gasteiger partial charge in [0, 0.05) is 12.6 Å². The van der Waals surface area contributed by atoms with E-state index in [4.69, 9.17) is 4.74 Å². The van der Waals surface area contributed by atoms with Gasteiger partial charge in [-0.1, -0.05) is 0 Å². The van der Waals surface area contributed by atoms with E-state index >= 15 is 0 Å². The molecule has 0 aromatic heterocycles. The lowest BCUT2D eigenvalue weighted by atomic mass is 10.00. The Kier molecular flexibility index (Phi) is 4.35. The quantitative estimate of drug-likeness (QED) is 0.675. The number of rotatable bonds is 4. The smallest absolute Gasteiger partial charge is 0.322 e. The van der Waals surface area contributed by atoms with Crippen molar-refractivity contribution < 1.29 is 14.3 Å². The van der Waals surface area contributed by atoms with Crippen LogP contribution in [0.15, 0.2) is 0 Å². The molecule has 3 atom stereocenters. The van der Waals surface area contributed by atoms with Crippen LogP contribution in [0, 0.1) is 5.92 Å². The zero-order chi connectivity index (χ0) is 10.6. The van der Waals surface area contributed by atoms with Crippen molar-refractivity contribution in [1.29, 1.82) is 0 Å². The van der Waals surface area contributed by atoms with Crippen LogP contribution in [-0.2, 0) is 14.3 Å². The number of nitrogens with one attached hydrogen (secondary N) is 1. The summed E-state index contributed by atoms with van der Waals surface area (Å²) in [6.45, 7) is 5.53. The van der Waals surface area contributed by atoms with Crippen LogP contribution in [0.5, 0.6) is 0 Å². The van der Waals surface area contributed by atoms with Gasteiger partial charge >= 0.3 is 5.97 Å². The summed E-state index contributed by atoms with van der Waals surface area (Å²) in [4.78, 5) is 11.1. The minimum atomic E-state index is -0.240. The monoisotopic (exact) mass is 201 g/mol. The summed E-state index contributed by atoms with van der Waals surface area (Å²) in [5, 5.41) is 3.22. The molecule has 1 N–H and O–H groups in total. The molecule has 1 fully saturated rings. The summed E-state index contributed by atoms with van der Waals surface area (Å²) in [5.74, 6) is 0.304. The molecule has 1 aliphatic rings. The molecule has 0 aliphatic carbocycles. The summed E-state index contributed by atoms with van der Waals surface area (Å²) in [6, 6.07) is 0.0576. The molecule has 0 bridgehead atoms. The third-order valence-electron chi connectivity index (χ3n) is 2.74. The minimum Gasteiger partial charge on any atom is -0.468 e. The van der Waals surface area contributed by atoms with Crippen LogP contribution in [0.1, 0.15) is 20.3 Å². The third kappa shape index (κ3) is 2.96. The molecule has 0 aromatic rings. The summed E-state index contributed by atoms with van der Waals surface area (Å²) in [5.41, 5.74) is 0. The average Bonchev–Trinajstić information content (AvgIpc) is 2.69. The van der Waals surface area contributed by atoms with Gasteiger partial charge in [0.1, 0.15) is 6.04 Å². The highest BCUT2D eigenvalue weighted by atomic mass is 16.5. The minimum absolute atomic E-state index is 0.212. The Bertz CT molecular complexity index is 190. The Balaban J connectivity index is 2.31. The van der Waals surface area contributed by atoms with E-state index in [0.29, 0.717) is 12.0 Å². The second kappa shape index (κ2) is 5.32. The lowest BCUT2D eigenvalue weighted by Gasteiger charge is -2.22. The molecule has 0 aromatic carbocycles. The van der Waals surface area contributed by atoms with Gasteiger partial charge in [-0.15, -0.1) is 0 Å². The van der Waals surface area contributed by atoms with Crippen LogP contribution in [0.25, 0.3) is 0 Å². The molecule has 0 spiro atoms. The zero-order valence-corrected chi connectivity index (χ0v) is 9.08. The topological polar surface area (TPSA) is 47.6 Å². The summed E-state index contributed by atoms with van der Waals surface area (Å²) < 4.78 is 9.93. The SMILES string of the molecule is COC(=O)[C@H](C)NC(C)C1CCOC1. The van der Waals surface area contributed by atoms with E-state index < -0.39 is 0 Å². The van der Waals surface area contributed by atoms with Crippen molar-refractivity contribution in [2.24, 2.45) is 5.92 Å². The van der Waals surface area contributed by atoms with Crippen LogP contribution >= 0.6 is 0 Å². The number of carbonyl (C=O) groups excluding carboxylic acids is 1. The van der Waals surface area contributed by atoms with Gasteiger partial charge in [-0.2, -0.15) is 0 Å². The number of methoxy groups -OCH3 is 1. The average molecular weight is 201 g/mol. The molecule has 1 aliphatic heterocycles. The lowest BCUT2D eigenvalue weighted by Crippen LogP contribution is -2.44. The first-order chi connectivity index (χ1) is 6.65. The Morgan fingerprint density at radius 1 is 1.57 bits per heavy atom. The van der Waals surface area contributed by atoms with E-state index in [2.05, 4.69) is 17.0 Å². The van der Waals surface area contributed by atoms with E-state index in [0.717, 1.165) is 19.6 Å². The predicted molar refractivity (Wildman–Crippen MR) is 53.0 cm³/mol. The highest BCUT2D eigenvalue weighted by molar-refractivity contribution is 5.75. The molecule has 0 saturated carbocycles. The Morgan fingerprint density at radius 2 is 2.29 bits per heavy atom. The maximum absolute atomic E-state index is 11.1. The van der Waals surface area contributed by atoms with Crippen molar-refractivity contribution in [2.45, 2.75) is 32.4 Å². The van der Waals surface area contributed by atoms with Crippen LogP contribution in [0.4, 0.5) is 0 Å². The van der Waals surface area contributed by atoms with Crippen molar-refractivity contribution in [3.63, 3.8) is 0 Å². The molecule has 14 heavy (non-hydrogen) atoms. The largest absolute Gasteiger partial charge is 0.468 e. The van der Waals surface area contributed by atoms with E-state index in [9.17, 15) is 4.79 Å². The molecular formula is C10H19NO3. The number of esters is 1. The molecule has 82 valence electrons. The molecule has 1 saturated heterocycles. The van der Waals surface area contributed by atoms with Gasteiger partial charge < -0.3 is 14.8 Å². The van der Waals surface area contributed by atoms with Crippen molar-refractivity contribution in [1.82, 2.24) is 5.32 Å². The first-order valence-corrected chi connectivity index (χ1v) is 5.06. The van der Waals surface area contributed by atoms with E-state index in [-0.39, 0.29) is 12.0 Å². The Labute approximate surface area is 85.0 Å². The van der Waals surface area contributed by atoms with Gasteiger partial charge in [0.25, 0.3) is 0 Å². The first kappa shape index (κ1) is 11.5. The van der Waals surface area contributed by atoms with E-state index in [1.54, 1.807) is 0 Å². The van der Waals surface area contributed by atoms with Gasteiger partial charge in [0.05, 0.1) is 13.7 Å². The molecule has 1 heterocycles. The molecule has 4 heteroatoms. The molecule has 4 nitrogen and oxygen atoms in total. The van der Waals surface area contributed by atoms with Crippen molar-refractivity contribution in [2.75, 3.05) is 20.3 Å². The Morgan fingerprint density at radius 3 is 2.79 bits per heavy atom. The highest BCUT2D eigenvalue weighted by Crippen LogP contribution is 2.16. The number of hydrogen-bond acceptors (Lipinski definition) is 4. The predicted octanol–water partition coefficient (Wildman–Crippen LogP) is 0.562. The van der Waals surface area contributed by atoms with Crippen LogP contribution < -0.4 is 5.32 Å². The fraction of sp³-hybridized carbons (Fsp3) is 0.900. The van der Waals surface area contributed by atoms with Crippen LogP contribution in [0.2, 0.25) is 0 Å². The second-order valence-electron chi connectivity index (χ2n) is 3.82. The van der Waals surface area contributed by atoms with Crippen LogP contribution in [0.3, 0.4) is 0 Å². The second-order valence-corrected chi connectivity index (χ2v) is 3.82. The number of carbonyl (C=O) groups is 1. The lowest BCUT2D eigenvalue weighted by molar-refractivity contribution is -0.142. The normalized spacial score (nSPS) is 25.8. The standard InChI is InChI=1S/C10H19NO3/c1-7(9-4-5-14-6-9)11-8(2)10(12)13-3/h7-9,11H,4-6H2,1-3H3/t7?,8-,9?/m0/s1. The maximum atomic E-state index is 11.1. The van der Waals surface area contributed by atoms with E-state index in [1.807, 2.05) is 6.92 Å². The van der Waals surface area contributed by atoms with Gasteiger partial charge in [-0.25, -0.2) is 0 Å². The molecular weight excluding hydrogens is 182 g/mol. The molecule has 0 radical (unpaired) electrons.